The Hall–Kier alpha value is -1.65. The number of hydrogen-bond acceptors (Lipinski definition) is 2. The molecule has 0 aromatic heterocycles. The molecule has 2 fully saturated rings. The van der Waals surface area contributed by atoms with Crippen molar-refractivity contribution in [3.05, 3.63) is 23.0 Å². The van der Waals surface area contributed by atoms with Gasteiger partial charge in [-0.3, -0.25) is 4.79 Å². The van der Waals surface area contributed by atoms with Gasteiger partial charge in [0.05, 0.1) is 5.57 Å². The van der Waals surface area contributed by atoms with Crippen molar-refractivity contribution in [1.29, 1.82) is 0 Å². The minimum atomic E-state index is -1.20. The third-order valence-corrected chi connectivity index (χ3v) is 5.03. The second kappa shape index (κ2) is 5.86. The number of rotatable bonds is 3. The van der Waals surface area contributed by atoms with Crippen LogP contribution in [-0.4, -0.2) is 35.0 Å². The molecule has 0 aromatic rings. The van der Waals surface area contributed by atoms with Gasteiger partial charge in [0.15, 0.2) is 0 Å². The first-order valence-electron chi connectivity index (χ1n) is 8.11. The molecule has 2 aliphatic carbocycles. The lowest BCUT2D eigenvalue weighted by atomic mass is 9.78. The molecule has 0 bridgehead atoms. The number of aliphatic carboxylic acids is 1. The van der Waals surface area contributed by atoms with Gasteiger partial charge in [0.1, 0.15) is 5.83 Å². The van der Waals surface area contributed by atoms with Crippen molar-refractivity contribution in [3.8, 4) is 0 Å². The van der Waals surface area contributed by atoms with Crippen molar-refractivity contribution >= 4 is 11.9 Å². The smallest absolute Gasteiger partial charge is 0.338 e. The Kier molecular flexibility index (Phi) is 4.06. The molecule has 0 spiro atoms. The van der Waals surface area contributed by atoms with Gasteiger partial charge in [0.25, 0.3) is 0 Å². The molecular formula is C17H22FNO3. The molecule has 1 aliphatic heterocycles. The first-order chi connectivity index (χ1) is 10.5. The maximum atomic E-state index is 14.6. The molecule has 3 aliphatic rings. The van der Waals surface area contributed by atoms with E-state index in [0.29, 0.717) is 18.5 Å². The van der Waals surface area contributed by atoms with E-state index in [2.05, 4.69) is 0 Å². The van der Waals surface area contributed by atoms with Crippen LogP contribution in [0, 0.1) is 17.8 Å². The van der Waals surface area contributed by atoms with Gasteiger partial charge in [-0.2, -0.15) is 0 Å². The number of carbonyl (C=O) groups excluding carboxylic acids is 1. The molecule has 0 radical (unpaired) electrons. The minimum absolute atomic E-state index is 0.00378. The summed E-state index contributed by atoms with van der Waals surface area (Å²) in [5.41, 5.74) is 0.395. The molecular weight excluding hydrogens is 285 g/mol. The molecule has 22 heavy (non-hydrogen) atoms. The van der Waals surface area contributed by atoms with Gasteiger partial charge < -0.3 is 10.0 Å². The molecule has 1 amide bonds. The zero-order chi connectivity index (χ0) is 15.9. The van der Waals surface area contributed by atoms with Crippen LogP contribution in [0.1, 0.15) is 39.0 Å². The fraction of sp³-hybridized carbons (Fsp3) is 0.647. The lowest BCUT2D eigenvalue weighted by molar-refractivity contribution is -0.134. The summed E-state index contributed by atoms with van der Waals surface area (Å²) in [5, 5.41) is 9.13. The Balaban J connectivity index is 1.81. The van der Waals surface area contributed by atoms with Crippen molar-refractivity contribution in [2.45, 2.75) is 39.0 Å². The lowest BCUT2D eigenvalue weighted by Crippen LogP contribution is -2.42. The van der Waals surface area contributed by atoms with Crippen molar-refractivity contribution < 1.29 is 19.1 Å². The molecule has 1 saturated carbocycles. The van der Waals surface area contributed by atoms with Gasteiger partial charge in [-0.1, -0.05) is 13.0 Å². The van der Waals surface area contributed by atoms with E-state index < -0.39 is 11.8 Å². The molecule has 3 rings (SSSR count). The topological polar surface area (TPSA) is 57.6 Å². The van der Waals surface area contributed by atoms with Crippen LogP contribution in [-0.2, 0) is 9.59 Å². The van der Waals surface area contributed by atoms with Crippen molar-refractivity contribution in [2.75, 3.05) is 13.1 Å². The highest BCUT2D eigenvalue weighted by molar-refractivity contribution is 5.91. The Labute approximate surface area is 129 Å². The fourth-order valence-corrected chi connectivity index (χ4v) is 3.67. The van der Waals surface area contributed by atoms with Crippen molar-refractivity contribution in [2.24, 2.45) is 17.8 Å². The number of amides is 1. The van der Waals surface area contributed by atoms with Crippen LogP contribution in [0.3, 0.4) is 0 Å². The van der Waals surface area contributed by atoms with Gasteiger partial charge in [0.2, 0.25) is 5.91 Å². The first-order valence-corrected chi connectivity index (χ1v) is 8.11. The number of carbonyl (C=O) groups is 2. The summed E-state index contributed by atoms with van der Waals surface area (Å²) >= 11 is 0. The molecule has 2 atom stereocenters. The monoisotopic (exact) mass is 307 g/mol. The molecule has 0 aromatic carbocycles. The Morgan fingerprint density at radius 1 is 1.32 bits per heavy atom. The minimum Gasteiger partial charge on any atom is -0.478 e. The first kappa shape index (κ1) is 15.3. The van der Waals surface area contributed by atoms with E-state index in [4.69, 9.17) is 5.11 Å². The predicted molar refractivity (Wildman–Crippen MR) is 79.7 cm³/mol. The standard InChI is InChI=1S/C17H22FNO3/c1-10-4-7-13(17(21)22)15(18)14(10)12-3-2-8-19(9-12)16(20)11-5-6-11/h7,10-12H,2-6,8-9H2,1H3,(H,21,22). The predicted octanol–water partition coefficient (Wildman–Crippen LogP) is 2.91. The Bertz CT molecular complexity index is 562. The van der Waals surface area contributed by atoms with Gasteiger partial charge in [0, 0.05) is 24.9 Å². The van der Waals surface area contributed by atoms with Gasteiger partial charge in [-0.05, 0) is 43.6 Å². The number of piperidine rings is 1. The Morgan fingerprint density at radius 2 is 2.05 bits per heavy atom. The van der Waals surface area contributed by atoms with Crippen LogP contribution in [0.2, 0.25) is 0 Å². The molecule has 1 N–H and O–H groups in total. The summed E-state index contributed by atoms with van der Waals surface area (Å²) in [6.07, 6.45) is 5.66. The van der Waals surface area contributed by atoms with E-state index in [1.807, 2.05) is 11.8 Å². The zero-order valence-corrected chi connectivity index (χ0v) is 12.8. The van der Waals surface area contributed by atoms with Crippen molar-refractivity contribution in [3.63, 3.8) is 0 Å². The summed E-state index contributed by atoms with van der Waals surface area (Å²) in [6.45, 7) is 3.22. The Morgan fingerprint density at radius 3 is 2.68 bits per heavy atom. The number of nitrogens with zero attached hydrogens (tertiary/aromatic N) is 1. The van der Waals surface area contributed by atoms with E-state index in [0.717, 1.165) is 32.2 Å². The summed E-state index contributed by atoms with van der Waals surface area (Å²) in [5.74, 6) is -1.45. The number of carboxylic acid groups (broad SMARTS) is 1. The summed E-state index contributed by atoms with van der Waals surface area (Å²) in [6, 6.07) is 0. The van der Waals surface area contributed by atoms with E-state index in [9.17, 15) is 14.0 Å². The van der Waals surface area contributed by atoms with Crippen LogP contribution < -0.4 is 0 Å². The molecule has 120 valence electrons. The number of halogens is 1. The normalized spacial score (nSPS) is 29.4. The van der Waals surface area contributed by atoms with Crippen LogP contribution in [0.25, 0.3) is 0 Å². The molecule has 2 unspecified atom stereocenters. The lowest BCUT2D eigenvalue weighted by Gasteiger charge is -2.37. The third kappa shape index (κ3) is 2.81. The molecule has 1 heterocycles. The quantitative estimate of drug-likeness (QED) is 0.872. The highest BCUT2D eigenvalue weighted by Crippen LogP contribution is 2.40. The van der Waals surface area contributed by atoms with E-state index in [-0.39, 0.29) is 29.2 Å². The van der Waals surface area contributed by atoms with Gasteiger partial charge in [-0.15, -0.1) is 0 Å². The number of likely N-dealkylation sites (tertiary alicyclic amines) is 1. The summed E-state index contributed by atoms with van der Waals surface area (Å²) < 4.78 is 14.6. The SMILES string of the molecule is CC1CC=C(C(=O)O)C(F)=C1C1CCCN(C(=O)C2CC2)C1. The largest absolute Gasteiger partial charge is 0.478 e. The van der Waals surface area contributed by atoms with E-state index in [1.54, 1.807) is 0 Å². The highest BCUT2D eigenvalue weighted by atomic mass is 19.1. The number of hydrogen-bond donors (Lipinski definition) is 1. The molecule has 1 saturated heterocycles. The maximum Gasteiger partial charge on any atom is 0.338 e. The van der Waals surface area contributed by atoms with Crippen LogP contribution in [0.4, 0.5) is 4.39 Å². The van der Waals surface area contributed by atoms with Crippen LogP contribution >= 0.6 is 0 Å². The summed E-state index contributed by atoms with van der Waals surface area (Å²) in [4.78, 5) is 25.3. The third-order valence-electron chi connectivity index (χ3n) is 5.03. The van der Waals surface area contributed by atoms with Gasteiger partial charge >= 0.3 is 5.97 Å². The average molecular weight is 307 g/mol. The molecule has 5 heteroatoms. The van der Waals surface area contributed by atoms with Crippen molar-refractivity contribution in [1.82, 2.24) is 4.90 Å². The summed E-state index contributed by atoms with van der Waals surface area (Å²) in [7, 11) is 0. The average Bonchev–Trinajstić information content (AvgIpc) is 3.31. The van der Waals surface area contributed by atoms with Crippen LogP contribution in [0.5, 0.6) is 0 Å². The van der Waals surface area contributed by atoms with E-state index in [1.165, 1.54) is 6.08 Å². The van der Waals surface area contributed by atoms with Crippen LogP contribution in [0.15, 0.2) is 23.0 Å². The zero-order valence-electron chi connectivity index (χ0n) is 12.8. The number of carboxylic acids is 1. The van der Waals surface area contributed by atoms with E-state index >= 15 is 0 Å². The second-order valence-electron chi connectivity index (χ2n) is 6.73. The number of allylic oxidation sites excluding steroid dienone is 1. The highest BCUT2D eigenvalue weighted by Gasteiger charge is 2.38. The second-order valence-corrected chi connectivity index (χ2v) is 6.73. The molecule has 4 nitrogen and oxygen atoms in total. The fourth-order valence-electron chi connectivity index (χ4n) is 3.67. The van der Waals surface area contributed by atoms with Gasteiger partial charge in [-0.25, -0.2) is 9.18 Å². The maximum absolute atomic E-state index is 14.6.